The van der Waals surface area contributed by atoms with Crippen molar-refractivity contribution in [1.29, 1.82) is 0 Å². The van der Waals surface area contributed by atoms with Crippen molar-refractivity contribution in [2.45, 2.75) is 53.4 Å². The predicted octanol–water partition coefficient (Wildman–Crippen LogP) is 11.9. The average molecular weight is 872 g/mol. The van der Waals surface area contributed by atoms with E-state index in [9.17, 15) is 5.11 Å². The minimum atomic E-state index is -0.336. The van der Waals surface area contributed by atoms with Gasteiger partial charge < -0.3 is 5.11 Å². The van der Waals surface area contributed by atoms with E-state index in [1.54, 1.807) is 6.07 Å². The van der Waals surface area contributed by atoms with Crippen molar-refractivity contribution in [2.24, 2.45) is 0 Å². The number of fused-ring (bicyclic) bond motifs is 2. The molecule has 0 saturated heterocycles. The number of para-hydroxylation sites is 2. The quantitative estimate of drug-likeness (QED) is 0.162. The van der Waals surface area contributed by atoms with Crippen LogP contribution in [0.15, 0.2) is 128 Å². The third-order valence-electron chi connectivity index (χ3n) is 10.6. The number of phenolic OH excluding ortho intramolecular Hbond substituents is 1. The van der Waals surface area contributed by atoms with Crippen LogP contribution in [-0.4, -0.2) is 19.6 Å². The van der Waals surface area contributed by atoms with E-state index in [1.807, 2.05) is 30.5 Å². The number of pyridine rings is 1. The summed E-state index contributed by atoms with van der Waals surface area (Å²) in [6.07, 6.45) is 2.73. The van der Waals surface area contributed by atoms with Crippen molar-refractivity contribution in [3.63, 3.8) is 0 Å². The summed E-state index contributed by atoms with van der Waals surface area (Å²) in [6.45, 7) is 13.2. The van der Waals surface area contributed by atoms with Gasteiger partial charge in [0.15, 0.2) is 0 Å². The summed E-state index contributed by atoms with van der Waals surface area (Å²) in [4.78, 5) is 10.3. The maximum Gasteiger partial charge on any atom is 0.148 e. The first kappa shape index (κ1) is 36.1. The second-order valence-corrected chi connectivity index (χ2v) is 14.4. The Bertz CT molecular complexity index is 2610. The number of hydrogen-bond acceptors (Lipinski definition) is 3. The van der Waals surface area contributed by atoms with Crippen molar-refractivity contribution in [3.05, 3.63) is 167 Å². The SMILES string of the molecule is CCc1ccc(-c2cc(C(C)(C)c3ccccc3)cc3c2nc(-c2ccccc2O)n3-c2c(C)cc(C)cc2C)[c-]c1-c1cccc2cccnc12.[Pt]. The van der Waals surface area contributed by atoms with Crippen LogP contribution in [-0.2, 0) is 32.9 Å². The minimum absolute atomic E-state index is 0. The van der Waals surface area contributed by atoms with Gasteiger partial charge in [0.1, 0.15) is 11.6 Å². The summed E-state index contributed by atoms with van der Waals surface area (Å²) in [5, 5.41) is 12.4. The summed E-state index contributed by atoms with van der Waals surface area (Å²) < 4.78 is 2.26. The van der Waals surface area contributed by atoms with E-state index < -0.39 is 0 Å². The van der Waals surface area contributed by atoms with Crippen LogP contribution in [0.4, 0.5) is 0 Å². The van der Waals surface area contributed by atoms with Gasteiger partial charge in [0.2, 0.25) is 0 Å². The molecule has 8 aromatic rings. The minimum Gasteiger partial charge on any atom is -0.507 e. The van der Waals surface area contributed by atoms with Gasteiger partial charge in [-0.25, -0.2) is 4.98 Å². The molecule has 0 aliphatic rings. The standard InChI is InChI=1S/C48H42N3O.Pt/c1-7-33-22-23-35(27-40(33)38-20-13-15-34-16-14-24-49-44(34)38)41-28-37(48(5,6)36-17-9-8-10-18-36)29-42-45(41)50-47(39-19-11-12-21-43(39)52)51(42)46-31(3)25-30(2)26-32(46)4;/h8-26,28-29,52H,7H2,1-6H3;/q-1;. The first-order chi connectivity index (χ1) is 25.2. The molecule has 5 heteroatoms. The zero-order valence-electron chi connectivity index (χ0n) is 30.9. The summed E-state index contributed by atoms with van der Waals surface area (Å²) in [5.74, 6) is 0.889. The number of phenols is 1. The first-order valence-corrected chi connectivity index (χ1v) is 18.0. The number of aromatic hydroxyl groups is 1. The number of nitrogens with zero attached hydrogens (tertiary/aromatic N) is 3. The second-order valence-electron chi connectivity index (χ2n) is 14.4. The van der Waals surface area contributed by atoms with E-state index in [4.69, 9.17) is 9.97 Å². The maximum absolute atomic E-state index is 11.3. The number of imidazole rings is 1. The van der Waals surface area contributed by atoms with E-state index in [1.165, 1.54) is 16.7 Å². The number of rotatable bonds is 7. The average Bonchev–Trinajstić information content (AvgIpc) is 3.53. The van der Waals surface area contributed by atoms with Gasteiger partial charge in [0, 0.05) is 38.2 Å². The molecule has 6 aromatic carbocycles. The summed E-state index contributed by atoms with van der Waals surface area (Å²) >= 11 is 0. The van der Waals surface area contributed by atoms with Crippen LogP contribution < -0.4 is 0 Å². The van der Waals surface area contributed by atoms with Gasteiger partial charge in [-0.15, -0.1) is 34.9 Å². The zero-order chi connectivity index (χ0) is 36.1. The van der Waals surface area contributed by atoms with E-state index in [0.29, 0.717) is 11.4 Å². The van der Waals surface area contributed by atoms with Crippen molar-refractivity contribution in [1.82, 2.24) is 14.5 Å². The molecule has 0 saturated carbocycles. The van der Waals surface area contributed by atoms with Gasteiger partial charge in [-0.3, -0.25) is 9.55 Å². The van der Waals surface area contributed by atoms with Crippen LogP contribution in [0.3, 0.4) is 0 Å². The summed E-state index contributed by atoms with van der Waals surface area (Å²) in [5.41, 5.74) is 15.4. The molecule has 0 fully saturated rings. The molecule has 266 valence electrons. The molecule has 0 radical (unpaired) electrons. The largest absolute Gasteiger partial charge is 0.507 e. The Balaban J connectivity index is 0.00000435. The topological polar surface area (TPSA) is 50.9 Å². The molecule has 1 N–H and O–H groups in total. The Kier molecular flexibility index (Phi) is 9.70. The van der Waals surface area contributed by atoms with Gasteiger partial charge in [0.05, 0.1) is 22.3 Å². The Morgan fingerprint density at radius 1 is 0.698 bits per heavy atom. The van der Waals surface area contributed by atoms with Gasteiger partial charge in [0.25, 0.3) is 0 Å². The molecule has 0 bridgehead atoms. The van der Waals surface area contributed by atoms with Crippen LogP contribution >= 0.6 is 0 Å². The molecule has 0 aliphatic heterocycles. The number of benzene rings is 6. The predicted molar refractivity (Wildman–Crippen MR) is 215 cm³/mol. The van der Waals surface area contributed by atoms with Crippen LogP contribution in [0.5, 0.6) is 5.75 Å². The van der Waals surface area contributed by atoms with Crippen LogP contribution in [0.25, 0.3) is 61.3 Å². The third-order valence-corrected chi connectivity index (χ3v) is 10.6. The number of hydrogen-bond donors (Lipinski definition) is 1. The van der Waals surface area contributed by atoms with E-state index in [0.717, 1.165) is 73.0 Å². The van der Waals surface area contributed by atoms with E-state index in [2.05, 4.69) is 143 Å². The number of aromatic nitrogens is 3. The maximum atomic E-state index is 11.3. The van der Waals surface area contributed by atoms with E-state index in [-0.39, 0.29) is 32.2 Å². The van der Waals surface area contributed by atoms with Gasteiger partial charge in [-0.2, -0.15) is 0 Å². The Labute approximate surface area is 326 Å². The fraction of sp³-hybridized carbons (Fsp3) is 0.167. The summed E-state index contributed by atoms with van der Waals surface area (Å²) in [6, 6.07) is 46.1. The van der Waals surface area contributed by atoms with E-state index >= 15 is 0 Å². The molecule has 0 spiro atoms. The Morgan fingerprint density at radius 3 is 2.13 bits per heavy atom. The van der Waals surface area contributed by atoms with Gasteiger partial charge in [-0.05, 0) is 72.7 Å². The smallest absolute Gasteiger partial charge is 0.148 e. The molecule has 8 rings (SSSR count). The van der Waals surface area contributed by atoms with Gasteiger partial charge in [-0.1, -0.05) is 129 Å². The molecule has 53 heavy (non-hydrogen) atoms. The molecule has 0 amide bonds. The molecular formula is C48H42N3OPt-. The molecule has 4 nitrogen and oxygen atoms in total. The van der Waals surface area contributed by atoms with Crippen molar-refractivity contribution in [2.75, 3.05) is 0 Å². The van der Waals surface area contributed by atoms with Gasteiger partial charge >= 0.3 is 0 Å². The van der Waals surface area contributed by atoms with Crippen LogP contribution in [0, 0.1) is 26.8 Å². The molecule has 2 aromatic heterocycles. The Hall–Kier alpha value is -5.31. The normalized spacial score (nSPS) is 11.6. The fourth-order valence-corrected chi connectivity index (χ4v) is 7.88. The molecular weight excluding hydrogens is 830 g/mol. The molecule has 2 heterocycles. The molecule has 0 unspecified atom stereocenters. The zero-order valence-corrected chi connectivity index (χ0v) is 33.2. The van der Waals surface area contributed by atoms with Crippen LogP contribution in [0.2, 0.25) is 0 Å². The molecule has 0 atom stereocenters. The fourth-order valence-electron chi connectivity index (χ4n) is 7.88. The third kappa shape index (κ3) is 6.30. The second kappa shape index (κ2) is 14.3. The van der Waals surface area contributed by atoms with Crippen molar-refractivity contribution in [3.8, 4) is 45.1 Å². The van der Waals surface area contributed by atoms with Crippen molar-refractivity contribution >= 4 is 21.9 Å². The van der Waals surface area contributed by atoms with Crippen LogP contribution in [0.1, 0.15) is 54.2 Å². The summed E-state index contributed by atoms with van der Waals surface area (Å²) in [7, 11) is 0. The monoisotopic (exact) mass is 871 g/mol. The van der Waals surface area contributed by atoms with Crippen molar-refractivity contribution < 1.29 is 26.2 Å². The Morgan fingerprint density at radius 2 is 1.40 bits per heavy atom. The number of aryl methyl sites for hydroxylation is 4. The molecule has 0 aliphatic carbocycles. The first-order valence-electron chi connectivity index (χ1n) is 18.0.